The Kier molecular flexibility index (Phi) is 9.17. The third-order valence-electron chi connectivity index (χ3n) is 5.42. The van der Waals surface area contributed by atoms with Gasteiger partial charge in [-0.15, -0.1) is 0 Å². The van der Waals surface area contributed by atoms with E-state index in [1.807, 2.05) is 32.0 Å². The fourth-order valence-corrected chi connectivity index (χ4v) is 3.95. The van der Waals surface area contributed by atoms with Crippen LogP contribution in [-0.4, -0.2) is 70.3 Å². The maximum Gasteiger partial charge on any atom is 0.252 e. The molecule has 2 heterocycles. The van der Waals surface area contributed by atoms with Gasteiger partial charge in [-0.05, 0) is 44.6 Å². The molecule has 2 aromatic rings. The molecule has 34 heavy (non-hydrogen) atoms. The largest absolute Gasteiger partial charge is 0.395 e. The maximum absolute atomic E-state index is 12.5. The lowest BCUT2D eigenvalue weighted by Gasteiger charge is -2.35. The Balaban J connectivity index is 1.58. The van der Waals surface area contributed by atoms with Crippen LogP contribution in [-0.2, 0) is 4.79 Å². The van der Waals surface area contributed by atoms with Crippen molar-refractivity contribution >= 4 is 52.2 Å². The van der Waals surface area contributed by atoms with Gasteiger partial charge in [0.25, 0.3) is 5.91 Å². The topological polar surface area (TPSA) is 106 Å². The van der Waals surface area contributed by atoms with E-state index in [9.17, 15) is 4.79 Å². The standard InChI is InChI=1S/C23H30ClN7O2S/c1-15-5-4-6-18(24)21(15)29-22(33)16(2)14-25-23(34)28-19-13-20(27-17(3)26-19)31-9-7-30(8-10-31)11-12-32/h4-6,13-14,32H,7-12H2,1-3H3,(H,29,33)(H2,25,26,27,28,34)/b16-14+. The molecule has 0 saturated carbocycles. The number of rotatable bonds is 7. The SMILES string of the molecule is C/C(=C\NC(=S)Nc1cc(N2CCN(CCO)CC2)nc(C)n1)C(=O)Nc1c(C)cccc1Cl. The number of thiocarbonyl (C=S) groups is 1. The number of nitrogens with one attached hydrogen (secondary N) is 3. The Morgan fingerprint density at radius 2 is 1.94 bits per heavy atom. The molecule has 1 aliphatic heterocycles. The summed E-state index contributed by atoms with van der Waals surface area (Å²) in [6, 6.07) is 7.30. The third kappa shape index (κ3) is 7.10. The highest BCUT2D eigenvalue weighted by molar-refractivity contribution is 7.80. The van der Waals surface area contributed by atoms with Gasteiger partial charge < -0.3 is 26.0 Å². The van der Waals surface area contributed by atoms with Crippen LogP contribution in [0.1, 0.15) is 18.3 Å². The van der Waals surface area contributed by atoms with E-state index in [0.717, 1.165) is 37.6 Å². The molecule has 0 bridgehead atoms. The molecule has 0 unspecified atom stereocenters. The zero-order valence-electron chi connectivity index (χ0n) is 19.6. The Labute approximate surface area is 210 Å². The molecule has 3 rings (SSSR count). The number of β-amino-alcohol motifs (C(OH)–C–C–N with tert-alkyl or cyclic N) is 1. The lowest BCUT2D eigenvalue weighted by molar-refractivity contribution is -0.112. The molecule has 1 aliphatic rings. The second-order valence-electron chi connectivity index (χ2n) is 8.02. The predicted octanol–water partition coefficient (Wildman–Crippen LogP) is 2.69. The average Bonchev–Trinajstić information content (AvgIpc) is 2.80. The normalized spacial score (nSPS) is 14.6. The minimum Gasteiger partial charge on any atom is -0.395 e. The highest BCUT2D eigenvalue weighted by Crippen LogP contribution is 2.25. The number of amides is 1. The number of benzene rings is 1. The van der Waals surface area contributed by atoms with Crippen LogP contribution in [0.15, 0.2) is 36.0 Å². The number of aryl methyl sites for hydroxylation is 2. The first-order valence-corrected chi connectivity index (χ1v) is 11.8. The van der Waals surface area contributed by atoms with Crippen molar-refractivity contribution in [1.82, 2.24) is 20.2 Å². The molecular formula is C23H30ClN7O2S. The number of nitrogens with zero attached hydrogens (tertiary/aromatic N) is 4. The third-order valence-corrected chi connectivity index (χ3v) is 5.95. The molecule has 11 heteroatoms. The maximum atomic E-state index is 12.5. The summed E-state index contributed by atoms with van der Waals surface area (Å²) in [4.78, 5) is 25.9. The number of piperazine rings is 1. The number of carbonyl (C=O) groups is 1. The Morgan fingerprint density at radius 1 is 1.21 bits per heavy atom. The van der Waals surface area contributed by atoms with Gasteiger partial charge in [-0.3, -0.25) is 9.69 Å². The minimum atomic E-state index is -0.285. The van der Waals surface area contributed by atoms with Gasteiger partial charge >= 0.3 is 0 Å². The first kappa shape index (κ1) is 25.8. The van der Waals surface area contributed by atoms with Crippen molar-refractivity contribution in [3.05, 3.63) is 52.4 Å². The van der Waals surface area contributed by atoms with Gasteiger partial charge in [0.1, 0.15) is 17.5 Å². The van der Waals surface area contributed by atoms with Crippen LogP contribution in [0.5, 0.6) is 0 Å². The van der Waals surface area contributed by atoms with E-state index in [1.54, 1.807) is 13.0 Å². The van der Waals surface area contributed by atoms with Gasteiger partial charge in [0, 0.05) is 50.6 Å². The van der Waals surface area contributed by atoms with Gasteiger partial charge in [-0.2, -0.15) is 0 Å². The number of aromatic nitrogens is 2. The summed E-state index contributed by atoms with van der Waals surface area (Å²) in [5, 5.41) is 18.7. The Bertz CT molecular complexity index is 1050. The second-order valence-corrected chi connectivity index (χ2v) is 8.84. The van der Waals surface area contributed by atoms with Crippen molar-refractivity contribution in [2.75, 3.05) is 54.9 Å². The molecule has 1 saturated heterocycles. The second kappa shape index (κ2) is 12.1. The van der Waals surface area contributed by atoms with E-state index in [-0.39, 0.29) is 12.5 Å². The van der Waals surface area contributed by atoms with Crippen molar-refractivity contribution in [2.24, 2.45) is 0 Å². The summed E-state index contributed by atoms with van der Waals surface area (Å²) < 4.78 is 0. The van der Waals surface area contributed by atoms with E-state index < -0.39 is 0 Å². The number of hydrogen-bond donors (Lipinski definition) is 4. The van der Waals surface area contributed by atoms with Crippen molar-refractivity contribution in [2.45, 2.75) is 20.8 Å². The number of halogens is 1. The van der Waals surface area contributed by atoms with E-state index in [0.29, 0.717) is 39.6 Å². The first-order chi connectivity index (χ1) is 16.3. The van der Waals surface area contributed by atoms with E-state index in [1.165, 1.54) is 6.20 Å². The molecule has 1 aromatic carbocycles. The summed E-state index contributed by atoms with van der Waals surface area (Å²) in [6.45, 7) is 9.62. The molecule has 9 nitrogen and oxygen atoms in total. The smallest absolute Gasteiger partial charge is 0.252 e. The lowest BCUT2D eigenvalue weighted by atomic mass is 10.2. The average molecular weight is 504 g/mol. The van der Waals surface area contributed by atoms with Crippen molar-refractivity contribution in [3.8, 4) is 0 Å². The number of carbonyl (C=O) groups excluding carboxylic acids is 1. The highest BCUT2D eigenvalue weighted by atomic mass is 35.5. The lowest BCUT2D eigenvalue weighted by Crippen LogP contribution is -2.47. The number of hydrogen-bond acceptors (Lipinski definition) is 7. The van der Waals surface area contributed by atoms with Crippen molar-refractivity contribution < 1.29 is 9.90 Å². The molecule has 1 aromatic heterocycles. The van der Waals surface area contributed by atoms with Gasteiger partial charge in [-0.25, -0.2) is 9.97 Å². The zero-order valence-corrected chi connectivity index (χ0v) is 21.1. The number of para-hydroxylation sites is 1. The minimum absolute atomic E-state index is 0.167. The van der Waals surface area contributed by atoms with Crippen LogP contribution in [0.3, 0.4) is 0 Å². The van der Waals surface area contributed by atoms with Crippen LogP contribution in [0.4, 0.5) is 17.3 Å². The van der Waals surface area contributed by atoms with Gasteiger partial charge in [0.2, 0.25) is 0 Å². The Hall–Kier alpha value is -2.79. The zero-order chi connectivity index (χ0) is 24.7. The fraction of sp³-hybridized carbons (Fsp3) is 0.391. The molecule has 0 radical (unpaired) electrons. The molecule has 0 spiro atoms. The van der Waals surface area contributed by atoms with Crippen molar-refractivity contribution in [3.63, 3.8) is 0 Å². The fourth-order valence-electron chi connectivity index (χ4n) is 3.51. The number of aliphatic hydroxyl groups is 1. The monoisotopic (exact) mass is 503 g/mol. The van der Waals surface area contributed by atoms with Crippen molar-refractivity contribution in [1.29, 1.82) is 0 Å². The predicted molar refractivity (Wildman–Crippen MR) is 140 cm³/mol. The van der Waals surface area contributed by atoms with Gasteiger partial charge in [-0.1, -0.05) is 23.7 Å². The molecule has 0 atom stereocenters. The van der Waals surface area contributed by atoms with Gasteiger partial charge in [0.15, 0.2) is 5.11 Å². The summed E-state index contributed by atoms with van der Waals surface area (Å²) in [6.07, 6.45) is 1.53. The summed E-state index contributed by atoms with van der Waals surface area (Å²) in [5.74, 6) is 1.73. The number of anilines is 3. The van der Waals surface area contributed by atoms with E-state index in [2.05, 4.69) is 35.7 Å². The number of aliphatic hydroxyl groups excluding tert-OH is 1. The van der Waals surface area contributed by atoms with E-state index >= 15 is 0 Å². The molecule has 0 aliphatic carbocycles. The molecule has 4 N–H and O–H groups in total. The quantitative estimate of drug-likeness (QED) is 0.335. The summed E-state index contributed by atoms with van der Waals surface area (Å²) >= 11 is 11.6. The van der Waals surface area contributed by atoms with E-state index in [4.69, 9.17) is 28.9 Å². The first-order valence-electron chi connectivity index (χ1n) is 11.0. The van der Waals surface area contributed by atoms with Gasteiger partial charge in [0.05, 0.1) is 17.3 Å². The molecule has 1 fully saturated rings. The molecule has 1 amide bonds. The molecule has 182 valence electrons. The van der Waals surface area contributed by atoms with Crippen LogP contribution in [0.2, 0.25) is 5.02 Å². The summed E-state index contributed by atoms with van der Waals surface area (Å²) in [5.41, 5.74) is 1.90. The molecular weight excluding hydrogens is 474 g/mol. The van der Waals surface area contributed by atoms with Crippen LogP contribution in [0.25, 0.3) is 0 Å². The van der Waals surface area contributed by atoms with Crippen LogP contribution >= 0.6 is 23.8 Å². The Morgan fingerprint density at radius 3 is 2.62 bits per heavy atom. The highest BCUT2D eigenvalue weighted by Gasteiger charge is 2.18. The summed E-state index contributed by atoms with van der Waals surface area (Å²) in [7, 11) is 0. The van der Waals surface area contributed by atoms with Crippen LogP contribution < -0.4 is 20.9 Å². The van der Waals surface area contributed by atoms with Crippen LogP contribution in [0, 0.1) is 13.8 Å².